The Hall–Kier alpha value is -2.44. The molecule has 0 aliphatic carbocycles. The van der Waals surface area contributed by atoms with E-state index in [0.717, 1.165) is 49.8 Å². The van der Waals surface area contributed by atoms with Gasteiger partial charge < -0.3 is 10.2 Å². The van der Waals surface area contributed by atoms with Crippen LogP contribution in [0, 0.1) is 12.8 Å². The Labute approximate surface area is 135 Å². The van der Waals surface area contributed by atoms with Gasteiger partial charge in [-0.15, -0.1) is 0 Å². The lowest BCUT2D eigenvalue weighted by atomic mass is 9.97. The quantitative estimate of drug-likeness (QED) is 0.932. The lowest BCUT2D eigenvalue weighted by molar-refractivity contribution is -0.114. The molecule has 2 aromatic heterocycles. The van der Waals surface area contributed by atoms with E-state index < -0.39 is 0 Å². The van der Waals surface area contributed by atoms with Crippen molar-refractivity contribution in [3.8, 4) is 0 Å². The highest BCUT2D eigenvalue weighted by atomic mass is 16.1. The summed E-state index contributed by atoms with van der Waals surface area (Å²) >= 11 is 0. The van der Waals surface area contributed by atoms with Crippen LogP contribution in [0.1, 0.15) is 25.6 Å². The molecule has 7 heteroatoms. The van der Waals surface area contributed by atoms with E-state index in [1.165, 1.54) is 6.92 Å². The fraction of sp³-hybridized carbons (Fsp3) is 0.500. The summed E-state index contributed by atoms with van der Waals surface area (Å²) < 4.78 is 1.92. The largest absolute Gasteiger partial charge is 0.356 e. The van der Waals surface area contributed by atoms with Crippen molar-refractivity contribution >= 4 is 17.4 Å². The number of carbonyl (C=O) groups excluding carboxylic acids is 1. The molecule has 0 unspecified atom stereocenters. The minimum absolute atomic E-state index is 0.0713. The lowest BCUT2D eigenvalue weighted by Crippen LogP contribution is -2.35. The number of nitrogens with one attached hydrogen (secondary N) is 1. The number of nitrogens with zero attached hydrogens (tertiary/aromatic N) is 5. The maximum atomic E-state index is 11.0. The van der Waals surface area contributed by atoms with Crippen LogP contribution < -0.4 is 10.2 Å². The average molecular weight is 314 g/mol. The highest BCUT2D eigenvalue weighted by Crippen LogP contribution is 2.23. The summed E-state index contributed by atoms with van der Waals surface area (Å²) in [4.78, 5) is 22.0. The van der Waals surface area contributed by atoms with Gasteiger partial charge in [0.15, 0.2) is 0 Å². The van der Waals surface area contributed by atoms with E-state index in [4.69, 9.17) is 0 Å². The van der Waals surface area contributed by atoms with Gasteiger partial charge in [-0.3, -0.25) is 9.48 Å². The molecule has 1 aliphatic heterocycles. The van der Waals surface area contributed by atoms with Crippen molar-refractivity contribution < 1.29 is 4.79 Å². The summed E-state index contributed by atoms with van der Waals surface area (Å²) in [6, 6.07) is 1.97. The van der Waals surface area contributed by atoms with Gasteiger partial charge in [-0.25, -0.2) is 9.97 Å². The van der Waals surface area contributed by atoms with E-state index >= 15 is 0 Å². The van der Waals surface area contributed by atoms with Crippen LogP contribution in [0.4, 0.5) is 11.5 Å². The Morgan fingerprint density at radius 1 is 1.39 bits per heavy atom. The molecule has 0 bridgehead atoms. The minimum atomic E-state index is -0.0713. The average Bonchev–Trinajstić information content (AvgIpc) is 2.94. The van der Waals surface area contributed by atoms with Gasteiger partial charge in [0.25, 0.3) is 0 Å². The third kappa shape index (κ3) is 4.06. The van der Waals surface area contributed by atoms with Gasteiger partial charge >= 0.3 is 0 Å². The topological polar surface area (TPSA) is 75.9 Å². The molecule has 122 valence electrons. The first-order valence-electron chi connectivity index (χ1n) is 7.95. The second-order valence-corrected chi connectivity index (χ2v) is 6.02. The third-order valence-electron chi connectivity index (χ3n) is 4.10. The predicted octanol–water partition coefficient (Wildman–Crippen LogP) is 1.86. The van der Waals surface area contributed by atoms with Crippen LogP contribution in [0.15, 0.2) is 24.7 Å². The lowest BCUT2D eigenvalue weighted by Gasteiger charge is -2.32. The van der Waals surface area contributed by atoms with Gasteiger partial charge in [0, 0.05) is 39.0 Å². The number of carbonyl (C=O) groups is 1. The fourth-order valence-corrected chi connectivity index (χ4v) is 2.96. The standard InChI is InChI=1S/C16H22N6O/c1-12-17-6-3-16(19-12)21-7-4-14(5-8-21)10-22-11-15(9-18-22)20-13(2)23/h3,6,9,11,14H,4-5,7-8,10H2,1-2H3,(H,20,23). The Morgan fingerprint density at radius 2 is 2.17 bits per heavy atom. The highest BCUT2D eigenvalue weighted by molar-refractivity contribution is 5.88. The molecule has 1 saturated heterocycles. The van der Waals surface area contributed by atoms with Crippen molar-refractivity contribution in [2.45, 2.75) is 33.2 Å². The smallest absolute Gasteiger partial charge is 0.221 e. The van der Waals surface area contributed by atoms with Gasteiger partial charge in [0.1, 0.15) is 11.6 Å². The molecule has 23 heavy (non-hydrogen) atoms. The SMILES string of the molecule is CC(=O)Nc1cnn(CC2CCN(c3ccnc(C)n3)CC2)c1. The predicted molar refractivity (Wildman–Crippen MR) is 88.2 cm³/mol. The second kappa shape index (κ2) is 6.76. The van der Waals surface area contributed by atoms with Crippen molar-refractivity contribution in [1.82, 2.24) is 19.7 Å². The zero-order valence-electron chi connectivity index (χ0n) is 13.6. The van der Waals surface area contributed by atoms with Crippen LogP contribution >= 0.6 is 0 Å². The molecule has 2 aromatic rings. The molecule has 1 amide bonds. The van der Waals surface area contributed by atoms with Crippen molar-refractivity contribution in [3.05, 3.63) is 30.5 Å². The van der Waals surface area contributed by atoms with Crippen molar-refractivity contribution in [2.75, 3.05) is 23.3 Å². The number of hydrogen-bond acceptors (Lipinski definition) is 5. The van der Waals surface area contributed by atoms with Gasteiger partial charge in [-0.2, -0.15) is 5.10 Å². The van der Waals surface area contributed by atoms with Crippen LogP contribution in [0.3, 0.4) is 0 Å². The number of piperidine rings is 1. The number of aryl methyl sites for hydroxylation is 1. The Morgan fingerprint density at radius 3 is 2.87 bits per heavy atom. The van der Waals surface area contributed by atoms with Gasteiger partial charge in [-0.1, -0.05) is 0 Å². The van der Waals surface area contributed by atoms with E-state index in [2.05, 4.69) is 25.3 Å². The fourth-order valence-electron chi connectivity index (χ4n) is 2.96. The van der Waals surface area contributed by atoms with Crippen molar-refractivity contribution in [2.24, 2.45) is 5.92 Å². The molecular weight excluding hydrogens is 292 g/mol. The molecule has 0 saturated carbocycles. The summed E-state index contributed by atoms with van der Waals surface area (Å²) in [6.45, 7) is 6.31. The molecule has 1 aliphatic rings. The van der Waals surface area contributed by atoms with Crippen LogP contribution in [0.25, 0.3) is 0 Å². The molecule has 0 spiro atoms. The molecule has 0 radical (unpaired) electrons. The summed E-state index contributed by atoms with van der Waals surface area (Å²) in [5, 5.41) is 7.07. The van der Waals surface area contributed by atoms with E-state index in [-0.39, 0.29) is 5.91 Å². The van der Waals surface area contributed by atoms with E-state index in [0.29, 0.717) is 5.92 Å². The van der Waals surface area contributed by atoms with Crippen LogP contribution in [0.5, 0.6) is 0 Å². The molecular formula is C16H22N6O. The first-order valence-corrected chi connectivity index (χ1v) is 7.95. The van der Waals surface area contributed by atoms with Crippen LogP contribution in [0.2, 0.25) is 0 Å². The number of aromatic nitrogens is 4. The highest BCUT2D eigenvalue weighted by Gasteiger charge is 2.21. The Bertz CT molecular complexity index is 675. The summed E-state index contributed by atoms with van der Waals surface area (Å²) in [6.07, 6.45) is 7.62. The van der Waals surface area contributed by atoms with Gasteiger partial charge in [0.05, 0.1) is 11.9 Å². The molecule has 1 fully saturated rings. The zero-order valence-corrected chi connectivity index (χ0v) is 13.6. The minimum Gasteiger partial charge on any atom is -0.356 e. The van der Waals surface area contributed by atoms with E-state index in [9.17, 15) is 4.79 Å². The first kappa shape index (κ1) is 15.5. The van der Waals surface area contributed by atoms with E-state index in [1.807, 2.05) is 30.1 Å². The molecule has 3 heterocycles. The number of rotatable bonds is 4. The Kier molecular flexibility index (Phi) is 4.55. The van der Waals surface area contributed by atoms with Crippen molar-refractivity contribution in [3.63, 3.8) is 0 Å². The van der Waals surface area contributed by atoms with Gasteiger partial charge in [0.2, 0.25) is 5.91 Å². The molecule has 1 N–H and O–H groups in total. The summed E-state index contributed by atoms with van der Waals surface area (Å²) in [5.41, 5.74) is 0.756. The third-order valence-corrected chi connectivity index (χ3v) is 4.10. The van der Waals surface area contributed by atoms with Crippen molar-refractivity contribution in [1.29, 1.82) is 0 Å². The summed E-state index contributed by atoms with van der Waals surface area (Å²) in [7, 11) is 0. The molecule has 0 aromatic carbocycles. The summed E-state index contributed by atoms with van der Waals surface area (Å²) in [5.74, 6) is 2.35. The molecule has 7 nitrogen and oxygen atoms in total. The number of hydrogen-bond donors (Lipinski definition) is 1. The van der Waals surface area contributed by atoms with Gasteiger partial charge in [-0.05, 0) is 31.7 Å². The Balaban J connectivity index is 1.53. The molecule has 0 atom stereocenters. The zero-order chi connectivity index (χ0) is 16.2. The number of amides is 1. The van der Waals surface area contributed by atoms with Crippen LogP contribution in [-0.2, 0) is 11.3 Å². The maximum absolute atomic E-state index is 11.0. The normalized spacial score (nSPS) is 15.7. The van der Waals surface area contributed by atoms with E-state index in [1.54, 1.807) is 6.20 Å². The molecule has 3 rings (SSSR count). The number of anilines is 2. The monoisotopic (exact) mass is 314 g/mol. The first-order chi connectivity index (χ1) is 11.1. The van der Waals surface area contributed by atoms with Crippen LogP contribution in [-0.4, -0.2) is 38.7 Å². The second-order valence-electron chi connectivity index (χ2n) is 6.02. The maximum Gasteiger partial charge on any atom is 0.221 e.